The van der Waals surface area contributed by atoms with Crippen molar-refractivity contribution < 1.29 is 9.18 Å². The quantitative estimate of drug-likeness (QED) is 0.881. The molecule has 24 heavy (non-hydrogen) atoms. The summed E-state index contributed by atoms with van der Waals surface area (Å²) in [4.78, 5) is 18.5. The van der Waals surface area contributed by atoms with Gasteiger partial charge in [0.2, 0.25) is 0 Å². The van der Waals surface area contributed by atoms with Crippen LogP contribution in [0.3, 0.4) is 0 Å². The zero-order chi connectivity index (χ0) is 17.1. The van der Waals surface area contributed by atoms with Crippen LogP contribution in [0.2, 0.25) is 10.0 Å². The van der Waals surface area contributed by atoms with E-state index in [1.165, 1.54) is 12.1 Å². The second-order valence-corrected chi connectivity index (χ2v) is 6.13. The summed E-state index contributed by atoms with van der Waals surface area (Å²) in [6, 6.07) is 7.73. The van der Waals surface area contributed by atoms with Gasteiger partial charge in [0.25, 0.3) is 5.91 Å². The van der Waals surface area contributed by atoms with Gasteiger partial charge in [0, 0.05) is 30.5 Å². The van der Waals surface area contributed by atoms with E-state index in [9.17, 15) is 9.18 Å². The summed E-state index contributed by atoms with van der Waals surface area (Å²) in [6.45, 7) is 1.17. The van der Waals surface area contributed by atoms with Crippen molar-refractivity contribution in [3.05, 3.63) is 64.0 Å². The number of amides is 1. The van der Waals surface area contributed by atoms with Gasteiger partial charge >= 0.3 is 0 Å². The van der Waals surface area contributed by atoms with Crippen LogP contribution in [0.15, 0.2) is 48.2 Å². The molecule has 0 radical (unpaired) electrons. The number of rotatable bonds is 3. The molecule has 0 bridgehead atoms. The van der Waals surface area contributed by atoms with E-state index in [1.54, 1.807) is 24.4 Å². The van der Waals surface area contributed by atoms with E-state index >= 15 is 0 Å². The van der Waals surface area contributed by atoms with Crippen molar-refractivity contribution in [1.29, 1.82) is 0 Å². The SMILES string of the molecule is O=C(Nc1ccc(Cl)c(F)c1)C1=CCN(c2ncccc2Cl)CC1. The van der Waals surface area contributed by atoms with Gasteiger partial charge in [-0.2, -0.15) is 0 Å². The zero-order valence-corrected chi connectivity index (χ0v) is 14.1. The lowest BCUT2D eigenvalue weighted by Crippen LogP contribution is -2.32. The van der Waals surface area contributed by atoms with Crippen molar-refractivity contribution in [3.8, 4) is 0 Å². The minimum absolute atomic E-state index is 0.0211. The number of nitrogens with zero attached hydrogens (tertiary/aromatic N) is 2. The monoisotopic (exact) mass is 365 g/mol. The predicted octanol–water partition coefficient (Wildman–Crippen LogP) is 4.30. The molecule has 3 rings (SSSR count). The predicted molar refractivity (Wildman–Crippen MR) is 94.2 cm³/mol. The fraction of sp³-hybridized carbons (Fsp3) is 0.176. The first kappa shape index (κ1) is 16.7. The summed E-state index contributed by atoms with van der Waals surface area (Å²) in [5, 5.41) is 3.28. The van der Waals surface area contributed by atoms with Gasteiger partial charge in [-0.05, 0) is 36.8 Å². The number of halogens is 3. The van der Waals surface area contributed by atoms with Crippen LogP contribution in [-0.4, -0.2) is 24.0 Å². The lowest BCUT2D eigenvalue weighted by atomic mass is 10.1. The van der Waals surface area contributed by atoms with E-state index in [-0.39, 0.29) is 10.9 Å². The molecular weight excluding hydrogens is 352 g/mol. The van der Waals surface area contributed by atoms with Gasteiger partial charge in [-0.25, -0.2) is 9.37 Å². The van der Waals surface area contributed by atoms with Gasteiger partial charge in [-0.3, -0.25) is 4.79 Å². The Bertz CT molecular complexity index is 810. The van der Waals surface area contributed by atoms with Gasteiger partial charge in [-0.15, -0.1) is 0 Å². The maximum Gasteiger partial charge on any atom is 0.251 e. The van der Waals surface area contributed by atoms with Crippen LogP contribution < -0.4 is 10.2 Å². The molecular formula is C17H14Cl2FN3O. The van der Waals surface area contributed by atoms with Crippen LogP contribution in [0.25, 0.3) is 0 Å². The molecule has 1 amide bonds. The number of hydrogen-bond donors (Lipinski definition) is 1. The van der Waals surface area contributed by atoms with Crippen molar-refractivity contribution in [2.45, 2.75) is 6.42 Å². The van der Waals surface area contributed by atoms with Gasteiger partial charge in [0.05, 0.1) is 10.0 Å². The molecule has 1 N–H and O–H groups in total. The largest absolute Gasteiger partial charge is 0.351 e. The minimum Gasteiger partial charge on any atom is -0.351 e. The van der Waals surface area contributed by atoms with Crippen molar-refractivity contribution in [2.24, 2.45) is 0 Å². The third-order valence-electron chi connectivity index (χ3n) is 3.72. The topological polar surface area (TPSA) is 45.2 Å². The molecule has 0 aliphatic carbocycles. The summed E-state index contributed by atoms with van der Waals surface area (Å²) in [5.74, 6) is -0.110. The van der Waals surface area contributed by atoms with Crippen LogP contribution in [0, 0.1) is 5.82 Å². The molecule has 0 fully saturated rings. The van der Waals surface area contributed by atoms with E-state index in [1.807, 2.05) is 11.0 Å². The van der Waals surface area contributed by atoms with E-state index < -0.39 is 5.82 Å². The fourth-order valence-electron chi connectivity index (χ4n) is 2.46. The number of aromatic nitrogens is 1. The molecule has 1 aromatic carbocycles. The highest BCUT2D eigenvalue weighted by Gasteiger charge is 2.19. The molecule has 1 aliphatic heterocycles. The summed E-state index contributed by atoms with van der Waals surface area (Å²) in [5.41, 5.74) is 1.02. The minimum atomic E-state index is -0.567. The summed E-state index contributed by atoms with van der Waals surface area (Å²) in [7, 11) is 0. The summed E-state index contributed by atoms with van der Waals surface area (Å²) < 4.78 is 13.4. The first-order valence-corrected chi connectivity index (χ1v) is 8.11. The van der Waals surface area contributed by atoms with Gasteiger partial charge in [-0.1, -0.05) is 29.3 Å². The Kier molecular flexibility index (Phi) is 5.02. The van der Waals surface area contributed by atoms with Crippen molar-refractivity contribution in [2.75, 3.05) is 23.3 Å². The Morgan fingerprint density at radius 3 is 2.75 bits per heavy atom. The number of anilines is 2. The number of hydrogen-bond acceptors (Lipinski definition) is 3. The Hall–Kier alpha value is -2.11. The Morgan fingerprint density at radius 2 is 2.08 bits per heavy atom. The highest BCUT2D eigenvalue weighted by molar-refractivity contribution is 6.33. The molecule has 0 saturated heterocycles. The van der Waals surface area contributed by atoms with Crippen LogP contribution in [0.5, 0.6) is 0 Å². The lowest BCUT2D eigenvalue weighted by molar-refractivity contribution is -0.113. The molecule has 1 aliphatic rings. The molecule has 4 nitrogen and oxygen atoms in total. The smallest absolute Gasteiger partial charge is 0.251 e. The maximum absolute atomic E-state index is 13.4. The summed E-state index contributed by atoms with van der Waals surface area (Å²) >= 11 is 11.8. The standard InChI is InChI=1S/C17H14Cl2FN3O/c18-13-4-3-12(10-15(13)20)22-17(24)11-5-8-23(9-6-11)16-14(19)2-1-7-21-16/h1-5,7,10H,6,8-9H2,(H,22,24). The molecule has 0 atom stereocenters. The van der Waals surface area contributed by atoms with Gasteiger partial charge in [0.15, 0.2) is 0 Å². The summed E-state index contributed by atoms with van der Waals surface area (Å²) in [6.07, 6.45) is 4.06. The molecule has 2 heterocycles. The van der Waals surface area contributed by atoms with Crippen molar-refractivity contribution in [3.63, 3.8) is 0 Å². The van der Waals surface area contributed by atoms with Crippen LogP contribution >= 0.6 is 23.2 Å². The Labute approximate surface area is 148 Å². The normalized spacial score (nSPS) is 14.3. The maximum atomic E-state index is 13.4. The van der Waals surface area contributed by atoms with Crippen molar-refractivity contribution in [1.82, 2.24) is 4.98 Å². The van der Waals surface area contributed by atoms with Gasteiger partial charge in [0.1, 0.15) is 11.6 Å². The van der Waals surface area contributed by atoms with Crippen LogP contribution in [-0.2, 0) is 4.79 Å². The highest BCUT2D eigenvalue weighted by atomic mass is 35.5. The van der Waals surface area contributed by atoms with E-state index in [0.717, 1.165) is 0 Å². The molecule has 0 unspecified atom stereocenters. The molecule has 2 aromatic rings. The average Bonchev–Trinajstić information content (AvgIpc) is 2.59. The fourth-order valence-corrected chi connectivity index (χ4v) is 2.82. The Balaban J connectivity index is 1.67. The number of carbonyl (C=O) groups excluding carboxylic acids is 1. The molecule has 7 heteroatoms. The molecule has 0 saturated carbocycles. The van der Waals surface area contributed by atoms with E-state index in [4.69, 9.17) is 23.2 Å². The third-order valence-corrected chi connectivity index (χ3v) is 4.32. The first-order valence-electron chi connectivity index (χ1n) is 7.35. The molecule has 0 spiro atoms. The van der Waals surface area contributed by atoms with Gasteiger partial charge < -0.3 is 10.2 Å². The molecule has 124 valence electrons. The number of carbonyl (C=O) groups is 1. The second-order valence-electron chi connectivity index (χ2n) is 5.32. The van der Waals surface area contributed by atoms with Crippen LogP contribution in [0.4, 0.5) is 15.9 Å². The lowest BCUT2D eigenvalue weighted by Gasteiger charge is -2.27. The van der Waals surface area contributed by atoms with E-state index in [0.29, 0.717) is 41.6 Å². The average molecular weight is 366 g/mol. The van der Waals surface area contributed by atoms with Crippen LogP contribution in [0.1, 0.15) is 6.42 Å². The second kappa shape index (κ2) is 7.20. The molecule has 1 aromatic heterocycles. The third kappa shape index (κ3) is 3.68. The Morgan fingerprint density at radius 1 is 1.25 bits per heavy atom. The number of pyridine rings is 1. The van der Waals surface area contributed by atoms with E-state index in [2.05, 4.69) is 10.3 Å². The van der Waals surface area contributed by atoms with Crippen molar-refractivity contribution >= 4 is 40.6 Å². The number of nitrogens with one attached hydrogen (secondary N) is 1. The number of benzene rings is 1. The first-order chi connectivity index (χ1) is 11.5. The highest BCUT2D eigenvalue weighted by Crippen LogP contribution is 2.26. The zero-order valence-electron chi connectivity index (χ0n) is 12.6.